The summed E-state index contributed by atoms with van der Waals surface area (Å²) in [6.45, 7) is 11.6. The maximum atomic E-state index is 12.5. The van der Waals surface area contributed by atoms with Crippen molar-refractivity contribution < 1.29 is 38.1 Å². The minimum atomic E-state index is -0.437. The van der Waals surface area contributed by atoms with Crippen molar-refractivity contribution in [1.29, 1.82) is 0 Å². The summed E-state index contributed by atoms with van der Waals surface area (Å²) in [4.78, 5) is 35.2. The Morgan fingerprint density at radius 2 is 1.07 bits per heavy atom. The molecular weight excluding hydrogens is 536 g/mol. The van der Waals surface area contributed by atoms with Gasteiger partial charge in [-0.15, -0.1) is 0 Å². The van der Waals surface area contributed by atoms with Crippen molar-refractivity contribution in [1.82, 2.24) is 0 Å². The smallest absolute Gasteiger partial charge is 0.338 e. The van der Waals surface area contributed by atoms with E-state index in [4.69, 9.17) is 23.7 Å². The van der Waals surface area contributed by atoms with Gasteiger partial charge < -0.3 is 23.7 Å². The largest absolute Gasteiger partial charge is 0.493 e. The van der Waals surface area contributed by atoms with Crippen LogP contribution in [0.25, 0.3) is 11.1 Å². The van der Waals surface area contributed by atoms with E-state index in [-0.39, 0.29) is 32.4 Å². The van der Waals surface area contributed by atoms with Crippen molar-refractivity contribution in [3.05, 3.63) is 108 Å². The SMILES string of the molecule is C=C(C)C(=O)OCCCOc1ccc(CCOC(=O)c2ccc(-c3ccc(OCCOC(=O)C(=C)C)cc3)cc2)cc1. The number of carbonyl (C=O) groups is 3. The first-order chi connectivity index (χ1) is 20.2. The molecule has 8 heteroatoms. The van der Waals surface area contributed by atoms with Gasteiger partial charge in [0.05, 0.1) is 25.4 Å². The Kier molecular flexibility index (Phi) is 12.4. The summed E-state index contributed by atoms with van der Waals surface area (Å²) in [5.74, 6) is 0.152. The molecule has 0 fully saturated rings. The van der Waals surface area contributed by atoms with Crippen molar-refractivity contribution in [2.24, 2.45) is 0 Å². The first-order valence-electron chi connectivity index (χ1n) is 13.6. The van der Waals surface area contributed by atoms with Gasteiger partial charge in [-0.25, -0.2) is 14.4 Å². The summed E-state index contributed by atoms with van der Waals surface area (Å²) in [5.41, 5.74) is 4.13. The van der Waals surface area contributed by atoms with Gasteiger partial charge in [-0.2, -0.15) is 0 Å². The predicted molar refractivity (Wildman–Crippen MR) is 159 cm³/mol. The zero-order valence-corrected chi connectivity index (χ0v) is 24.1. The van der Waals surface area contributed by atoms with Crippen LogP contribution >= 0.6 is 0 Å². The first kappa shape index (κ1) is 31.7. The minimum absolute atomic E-state index is 0.144. The van der Waals surface area contributed by atoms with Gasteiger partial charge in [-0.3, -0.25) is 0 Å². The molecule has 0 unspecified atom stereocenters. The highest BCUT2D eigenvalue weighted by atomic mass is 16.6. The molecule has 220 valence electrons. The van der Waals surface area contributed by atoms with Gasteiger partial charge in [0, 0.05) is 24.0 Å². The lowest BCUT2D eigenvalue weighted by Gasteiger charge is -2.09. The van der Waals surface area contributed by atoms with Gasteiger partial charge >= 0.3 is 17.9 Å². The molecule has 0 aliphatic heterocycles. The Morgan fingerprint density at radius 1 is 0.571 bits per heavy atom. The Balaban J connectivity index is 1.36. The molecule has 0 spiro atoms. The standard InChI is InChI=1S/C34H36O8/c1-24(2)32(35)40-20-5-19-38-30-14-6-26(7-15-30)18-21-41-34(37)29-10-8-27(9-11-29)28-12-16-31(17-13-28)39-22-23-42-33(36)25(3)4/h6-17H,1,3,5,18-23H2,2,4H3. The van der Waals surface area contributed by atoms with Crippen molar-refractivity contribution >= 4 is 17.9 Å². The van der Waals surface area contributed by atoms with E-state index >= 15 is 0 Å². The molecule has 0 saturated heterocycles. The number of ether oxygens (including phenoxy) is 5. The fraction of sp³-hybridized carbons (Fsp3) is 0.265. The molecule has 0 N–H and O–H groups in total. The summed E-state index contributed by atoms with van der Waals surface area (Å²) in [6, 6.07) is 22.3. The summed E-state index contributed by atoms with van der Waals surface area (Å²) in [6.07, 6.45) is 1.16. The third kappa shape index (κ3) is 10.6. The van der Waals surface area contributed by atoms with Crippen LogP contribution in [0.5, 0.6) is 11.5 Å². The number of benzene rings is 3. The van der Waals surface area contributed by atoms with Crippen LogP contribution in [-0.4, -0.2) is 50.9 Å². The van der Waals surface area contributed by atoms with Crippen molar-refractivity contribution in [3.63, 3.8) is 0 Å². The zero-order valence-electron chi connectivity index (χ0n) is 24.1. The van der Waals surface area contributed by atoms with Gasteiger partial charge in [0.2, 0.25) is 0 Å². The van der Waals surface area contributed by atoms with Crippen LogP contribution in [0.4, 0.5) is 0 Å². The van der Waals surface area contributed by atoms with Gasteiger partial charge in [0.25, 0.3) is 0 Å². The molecule has 0 saturated carbocycles. The maximum Gasteiger partial charge on any atom is 0.338 e. The molecule has 3 aromatic carbocycles. The average Bonchev–Trinajstić information content (AvgIpc) is 3.00. The van der Waals surface area contributed by atoms with Crippen LogP contribution in [0, 0.1) is 0 Å². The number of carbonyl (C=O) groups excluding carboxylic acids is 3. The van der Waals surface area contributed by atoms with Crippen LogP contribution in [0.3, 0.4) is 0 Å². The number of hydrogen-bond acceptors (Lipinski definition) is 8. The summed E-state index contributed by atoms with van der Waals surface area (Å²) in [7, 11) is 0. The van der Waals surface area contributed by atoms with Crippen LogP contribution in [0.1, 0.15) is 36.2 Å². The average molecular weight is 573 g/mol. The molecule has 0 bridgehead atoms. The number of rotatable bonds is 16. The zero-order chi connectivity index (χ0) is 30.3. The van der Waals surface area contributed by atoms with Gasteiger partial charge in [-0.1, -0.05) is 49.6 Å². The second kappa shape index (κ2) is 16.4. The summed E-state index contributed by atoms with van der Waals surface area (Å²) in [5, 5.41) is 0. The first-order valence-corrected chi connectivity index (χ1v) is 13.6. The normalized spacial score (nSPS) is 10.3. The Morgan fingerprint density at radius 3 is 1.64 bits per heavy atom. The lowest BCUT2D eigenvalue weighted by atomic mass is 10.0. The van der Waals surface area contributed by atoms with Crippen LogP contribution < -0.4 is 9.47 Å². The Hall–Kier alpha value is -4.85. The predicted octanol–water partition coefficient (Wildman–Crippen LogP) is 6.14. The summed E-state index contributed by atoms with van der Waals surface area (Å²) < 4.78 is 26.8. The molecule has 0 heterocycles. The molecule has 42 heavy (non-hydrogen) atoms. The Labute approximate surface area is 246 Å². The van der Waals surface area contributed by atoms with E-state index in [0.717, 1.165) is 16.7 Å². The van der Waals surface area contributed by atoms with Crippen LogP contribution in [0.2, 0.25) is 0 Å². The van der Waals surface area contributed by atoms with Crippen molar-refractivity contribution in [2.45, 2.75) is 26.7 Å². The van der Waals surface area contributed by atoms with Gasteiger partial charge in [0.15, 0.2) is 0 Å². The third-order valence-corrected chi connectivity index (χ3v) is 5.93. The highest BCUT2D eigenvalue weighted by Crippen LogP contribution is 2.23. The maximum absolute atomic E-state index is 12.5. The Bertz CT molecular complexity index is 1360. The molecule has 0 atom stereocenters. The van der Waals surface area contributed by atoms with Crippen LogP contribution in [0.15, 0.2) is 97.1 Å². The van der Waals surface area contributed by atoms with Crippen molar-refractivity contribution in [2.75, 3.05) is 33.0 Å². The van der Waals surface area contributed by atoms with E-state index in [2.05, 4.69) is 13.2 Å². The summed E-state index contributed by atoms with van der Waals surface area (Å²) >= 11 is 0. The van der Waals surface area contributed by atoms with E-state index in [9.17, 15) is 14.4 Å². The van der Waals surface area contributed by atoms with E-state index in [1.807, 2.05) is 60.7 Å². The van der Waals surface area contributed by atoms with Gasteiger partial charge in [-0.05, 0) is 66.9 Å². The van der Waals surface area contributed by atoms with E-state index in [1.54, 1.807) is 26.0 Å². The molecule has 3 rings (SSSR count). The second-order valence-electron chi connectivity index (χ2n) is 9.51. The fourth-order valence-corrected chi connectivity index (χ4v) is 3.59. The van der Waals surface area contributed by atoms with E-state index < -0.39 is 11.9 Å². The molecule has 0 aromatic heterocycles. The monoisotopic (exact) mass is 572 g/mol. The molecule has 0 aliphatic rings. The quantitative estimate of drug-likeness (QED) is 0.0874. The molecular formula is C34H36O8. The number of hydrogen-bond donors (Lipinski definition) is 0. The van der Waals surface area contributed by atoms with E-state index in [1.165, 1.54) is 0 Å². The second-order valence-corrected chi connectivity index (χ2v) is 9.51. The molecule has 3 aromatic rings. The molecule has 0 radical (unpaired) electrons. The third-order valence-electron chi connectivity index (χ3n) is 5.93. The number of esters is 3. The van der Waals surface area contributed by atoms with Crippen molar-refractivity contribution in [3.8, 4) is 22.6 Å². The lowest BCUT2D eigenvalue weighted by molar-refractivity contribution is -0.140. The van der Waals surface area contributed by atoms with Crippen LogP contribution in [-0.2, 0) is 30.2 Å². The van der Waals surface area contributed by atoms with E-state index in [0.29, 0.717) is 47.7 Å². The topological polar surface area (TPSA) is 97.4 Å². The molecule has 8 nitrogen and oxygen atoms in total. The lowest BCUT2D eigenvalue weighted by Crippen LogP contribution is -2.12. The molecule has 0 amide bonds. The highest BCUT2D eigenvalue weighted by molar-refractivity contribution is 5.90. The van der Waals surface area contributed by atoms with Gasteiger partial charge in [0.1, 0.15) is 24.7 Å². The highest BCUT2D eigenvalue weighted by Gasteiger charge is 2.09. The minimum Gasteiger partial charge on any atom is -0.493 e. The molecule has 0 aliphatic carbocycles. The fourth-order valence-electron chi connectivity index (χ4n) is 3.59.